The number of benzene rings is 1. The summed E-state index contributed by atoms with van der Waals surface area (Å²) in [5, 5.41) is 3.25. The lowest BCUT2D eigenvalue weighted by Gasteiger charge is -2.38. The van der Waals surface area contributed by atoms with Crippen LogP contribution in [0.25, 0.3) is 0 Å². The van der Waals surface area contributed by atoms with Crippen LogP contribution in [-0.4, -0.2) is 31.5 Å². The summed E-state index contributed by atoms with van der Waals surface area (Å²) in [4.78, 5) is 0. The molecule has 1 aliphatic heterocycles. The Bertz CT molecular complexity index is 474. The van der Waals surface area contributed by atoms with Crippen molar-refractivity contribution in [3.63, 3.8) is 0 Å². The monoisotopic (exact) mass is 303 g/mol. The van der Waals surface area contributed by atoms with Gasteiger partial charge in [-0.3, -0.25) is 0 Å². The van der Waals surface area contributed by atoms with Crippen LogP contribution in [0.3, 0.4) is 0 Å². The smallest absolute Gasteiger partial charge is 0.411 e. The van der Waals surface area contributed by atoms with Gasteiger partial charge in [0.15, 0.2) is 0 Å². The molecule has 0 spiro atoms. The summed E-state index contributed by atoms with van der Waals surface area (Å²) >= 11 is 0. The summed E-state index contributed by atoms with van der Waals surface area (Å²) in [6.07, 6.45) is -3.52. The summed E-state index contributed by atoms with van der Waals surface area (Å²) in [6, 6.07) is 7.77. The Balaban J connectivity index is 1.88. The molecule has 6 heteroatoms. The molecule has 0 aromatic heterocycles. The summed E-state index contributed by atoms with van der Waals surface area (Å²) in [5.74, 6) is 0.822. The van der Waals surface area contributed by atoms with Gasteiger partial charge in [-0.25, -0.2) is 0 Å². The van der Waals surface area contributed by atoms with Gasteiger partial charge < -0.3 is 14.8 Å². The average molecular weight is 303 g/mol. The number of alkyl halides is 3. The van der Waals surface area contributed by atoms with Crippen molar-refractivity contribution in [2.75, 3.05) is 19.8 Å². The highest BCUT2D eigenvalue weighted by Gasteiger charge is 2.33. The lowest BCUT2D eigenvalue weighted by Crippen LogP contribution is -2.40. The van der Waals surface area contributed by atoms with Crippen molar-refractivity contribution in [2.45, 2.75) is 38.1 Å². The largest absolute Gasteiger partial charge is 0.487 e. The minimum Gasteiger partial charge on any atom is -0.487 e. The Morgan fingerprint density at radius 2 is 2.05 bits per heavy atom. The van der Waals surface area contributed by atoms with Gasteiger partial charge >= 0.3 is 6.18 Å². The molecule has 3 nitrogen and oxygen atoms in total. The Morgan fingerprint density at radius 3 is 2.76 bits per heavy atom. The Morgan fingerprint density at radius 1 is 1.33 bits per heavy atom. The van der Waals surface area contributed by atoms with Gasteiger partial charge in [0.2, 0.25) is 0 Å². The lowest BCUT2D eigenvalue weighted by atomic mass is 9.90. The third-order valence-corrected chi connectivity index (χ3v) is 3.28. The molecule has 118 valence electrons. The van der Waals surface area contributed by atoms with Crippen molar-refractivity contribution in [1.29, 1.82) is 0 Å². The van der Waals surface area contributed by atoms with Crippen molar-refractivity contribution >= 4 is 0 Å². The fourth-order valence-corrected chi connectivity index (χ4v) is 2.48. The second kappa shape index (κ2) is 6.23. The van der Waals surface area contributed by atoms with Crippen LogP contribution in [0.2, 0.25) is 0 Å². The van der Waals surface area contributed by atoms with Gasteiger partial charge in [-0.15, -0.1) is 0 Å². The summed E-state index contributed by atoms with van der Waals surface area (Å²) < 4.78 is 46.4. The van der Waals surface area contributed by atoms with E-state index in [1.807, 2.05) is 38.1 Å². The highest BCUT2D eigenvalue weighted by atomic mass is 19.4. The maximum absolute atomic E-state index is 12.0. The van der Waals surface area contributed by atoms with Gasteiger partial charge in [0.25, 0.3) is 0 Å². The Labute approximate surface area is 122 Å². The maximum atomic E-state index is 12.0. The molecule has 0 bridgehead atoms. The number of ether oxygens (including phenoxy) is 2. The van der Waals surface area contributed by atoms with E-state index in [0.717, 1.165) is 17.7 Å². The molecule has 0 fully saturated rings. The normalized spacial score (nSPS) is 20.7. The van der Waals surface area contributed by atoms with E-state index < -0.39 is 12.8 Å². The molecule has 1 heterocycles. The van der Waals surface area contributed by atoms with Gasteiger partial charge in [-0.1, -0.05) is 18.2 Å². The molecular formula is C15H20F3NO2. The number of hydrogen-bond donors (Lipinski definition) is 1. The fraction of sp³-hybridized carbons (Fsp3) is 0.600. The zero-order valence-electron chi connectivity index (χ0n) is 12.2. The van der Waals surface area contributed by atoms with Crippen molar-refractivity contribution < 1.29 is 22.6 Å². The number of rotatable bonds is 5. The van der Waals surface area contributed by atoms with E-state index in [-0.39, 0.29) is 18.2 Å². The van der Waals surface area contributed by atoms with Crippen LogP contribution in [0.5, 0.6) is 5.75 Å². The Hall–Kier alpha value is -1.27. The number of para-hydroxylation sites is 1. The van der Waals surface area contributed by atoms with Crippen molar-refractivity contribution in [3.8, 4) is 5.75 Å². The predicted octanol–water partition coefficient (Wildman–Crippen LogP) is 3.46. The standard InChI is InChI=1S/C15H20F3NO2/c1-14(2)9-12(11-5-3-4-6-13(11)21-14)19-7-8-20-10-15(16,17)18/h3-6,12,19H,7-10H2,1-2H3. The van der Waals surface area contributed by atoms with Crippen LogP contribution in [0.15, 0.2) is 24.3 Å². The highest BCUT2D eigenvalue weighted by Crippen LogP contribution is 2.38. The zero-order valence-corrected chi connectivity index (χ0v) is 12.2. The number of nitrogens with one attached hydrogen (secondary N) is 1. The highest BCUT2D eigenvalue weighted by molar-refractivity contribution is 5.38. The van der Waals surface area contributed by atoms with E-state index in [9.17, 15) is 13.2 Å². The summed E-state index contributed by atoms with van der Waals surface area (Å²) in [6.45, 7) is 3.19. The van der Waals surface area contributed by atoms with Crippen LogP contribution < -0.4 is 10.1 Å². The number of halogens is 3. The molecule has 0 radical (unpaired) electrons. The molecule has 1 unspecified atom stereocenters. The molecule has 0 aliphatic carbocycles. The molecule has 2 rings (SSSR count). The summed E-state index contributed by atoms with van der Waals surface area (Å²) in [7, 11) is 0. The average Bonchev–Trinajstić information content (AvgIpc) is 2.35. The molecule has 21 heavy (non-hydrogen) atoms. The van der Waals surface area contributed by atoms with Crippen LogP contribution in [0, 0.1) is 0 Å². The van der Waals surface area contributed by atoms with Crippen molar-refractivity contribution in [1.82, 2.24) is 5.32 Å². The SMILES string of the molecule is CC1(C)CC(NCCOCC(F)(F)F)c2ccccc2O1. The van der Waals surface area contributed by atoms with E-state index in [1.54, 1.807) is 0 Å². The van der Waals surface area contributed by atoms with Gasteiger partial charge in [0.1, 0.15) is 18.0 Å². The van der Waals surface area contributed by atoms with Crippen molar-refractivity contribution in [2.24, 2.45) is 0 Å². The first kappa shape index (κ1) is 16.1. The first-order valence-electron chi connectivity index (χ1n) is 6.93. The second-order valence-corrected chi connectivity index (χ2v) is 5.78. The van der Waals surface area contributed by atoms with E-state index in [1.165, 1.54) is 0 Å². The van der Waals surface area contributed by atoms with Crippen LogP contribution in [0.4, 0.5) is 13.2 Å². The van der Waals surface area contributed by atoms with Gasteiger partial charge in [0, 0.05) is 24.6 Å². The quantitative estimate of drug-likeness (QED) is 0.845. The van der Waals surface area contributed by atoms with Crippen LogP contribution in [0.1, 0.15) is 31.9 Å². The number of fused-ring (bicyclic) bond motifs is 1. The first-order valence-corrected chi connectivity index (χ1v) is 6.93. The summed E-state index contributed by atoms with van der Waals surface area (Å²) in [5.41, 5.74) is 0.728. The van der Waals surface area contributed by atoms with E-state index >= 15 is 0 Å². The Kier molecular flexibility index (Phi) is 4.78. The van der Waals surface area contributed by atoms with Gasteiger partial charge in [0.05, 0.1) is 6.61 Å². The topological polar surface area (TPSA) is 30.5 Å². The fourth-order valence-electron chi connectivity index (χ4n) is 2.48. The molecule has 0 amide bonds. The third-order valence-electron chi connectivity index (χ3n) is 3.28. The van der Waals surface area contributed by atoms with Crippen LogP contribution >= 0.6 is 0 Å². The molecule has 1 aliphatic rings. The molecular weight excluding hydrogens is 283 g/mol. The number of hydrogen-bond acceptors (Lipinski definition) is 3. The molecule has 1 aromatic rings. The first-order chi connectivity index (χ1) is 9.77. The van der Waals surface area contributed by atoms with E-state index in [0.29, 0.717) is 6.54 Å². The van der Waals surface area contributed by atoms with Crippen molar-refractivity contribution in [3.05, 3.63) is 29.8 Å². The minimum absolute atomic E-state index is 0.0272. The van der Waals surface area contributed by atoms with Gasteiger partial charge in [-0.2, -0.15) is 13.2 Å². The predicted molar refractivity (Wildman–Crippen MR) is 73.4 cm³/mol. The lowest BCUT2D eigenvalue weighted by molar-refractivity contribution is -0.173. The van der Waals surface area contributed by atoms with Crippen LogP contribution in [-0.2, 0) is 4.74 Å². The molecule has 1 aromatic carbocycles. The van der Waals surface area contributed by atoms with Gasteiger partial charge in [-0.05, 0) is 19.9 Å². The molecule has 0 saturated carbocycles. The maximum Gasteiger partial charge on any atom is 0.411 e. The molecule has 0 saturated heterocycles. The van der Waals surface area contributed by atoms with E-state index in [4.69, 9.17) is 4.74 Å². The van der Waals surface area contributed by atoms with E-state index in [2.05, 4.69) is 10.1 Å². The molecule has 1 N–H and O–H groups in total. The zero-order chi connectivity index (χ0) is 15.5. The third kappa shape index (κ3) is 4.89. The second-order valence-electron chi connectivity index (χ2n) is 5.78. The minimum atomic E-state index is -4.27. The molecule has 1 atom stereocenters.